The highest BCUT2D eigenvalue weighted by atomic mass is 35.5. The Labute approximate surface area is 101 Å². The predicted octanol–water partition coefficient (Wildman–Crippen LogP) is 2.68. The van der Waals surface area contributed by atoms with Gasteiger partial charge in [0, 0.05) is 24.8 Å². The van der Waals surface area contributed by atoms with E-state index in [0.717, 1.165) is 37.4 Å². The van der Waals surface area contributed by atoms with E-state index in [1.807, 2.05) is 19.1 Å². The van der Waals surface area contributed by atoms with E-state index in [1.165, 1.54) is 0 Å². The summed E-state index contributed by atoms with van der Waals surface area (Å²) in [7, 11) is 0. The van der Waals surface area contributed by atoms with Gasteiger partial charge in [-0.05, 0) is 31.0 Å². The number of nitrogen functional groups attached to an aromatic ring is 1. The minimum Gasteiger partial charge on any atom is -0.398 e. The Morgan fingerprint density at radius 1 is 1.56 bits per heavy atom. The van der Waals surface area contributed by atoms with E-state index in [9.17, 15) is 0 Å². The van der Waals surface area contributed by atoms with Crippen LogP contribution >= 0.6 is 11.6 Å². The fourth-order valence-electron chi connectivity index (χ4n) is 1.89. The number of benzene rings is 1. The number of rotatable bonds is 3. The van der Waals surface area contributed by atoms with Crippen LogP contribution in [-0.4, -0.2) is 19.8 Å². The highest BCUT2D eigenvalue weighted by Gasteiger charge is 2.15. The molecule has 1 aromatic rings. The van der Waals surface area contributed by atoms with Crippen LogP contribution in [0, 0.1) is 12.8 Å². The molecule has 1 fully saturated rings. The molecule has 0 radical (unpaired) electrons. The monoisotopic (exact) mass is 240 g/mol. The summed E-state index contributed by atoms with van der Waals surface area (Å²) in [6.07, 6.45) is 1.13. The first kappa shape index (κ1) is 11.6. The Hall–Kier alpha value is -0.930. The third kappa shape index (κ3) is 2.60. The number of ether oxygens (including phenoxy) is 1. The highest BCUT2D eigenvalue weighted by molar-refractivity contribution is 6.33. The van der Waals surface area contributed by atoms with Crippen LogP contribution in [0.3, 0.4) is 0 Å². The van der Waals surface area contributed by atoms with Gasteiger partial charge in [0.2, 0.25) is 0 Å². The van der Waals surface area contributed by atoms with Crippen LogP contribution in [-0.2, 0) is 4.74 Å². The predicted molar refractivity (Wildman–Crippen MR) is 68.0 cm³/mol. The van der Waals surface area contributed by atoms with Crippen LogP contribution in [0.1, 0.15) is 12.0 Å². The number of nitrogens with one attached hydrogen (secondary N) is 1. The molecule has 0 spiro atoms. The zero-order valence-corrected chi connectivity index (χ0v) is 10.2. The summed E-state index contributed by atoms with van der Waals surface area (Å²) in [5, 5.41) is 4.01. The Morgan fingerprint density at radius 3 is 3.06 bits per heavy atom. The lowest BCUT2D eigenvalue weighted by Gasteiger charge is -2.14. The number of hydrogen-bond acceptors (Lipinski definition) is 3. The van der Waals surface area contributed by atoms with E-state index in [4.69, 9.17) is 22.1 Å². The quantitative estimate of drug-likeness (QED) is 0.799. The maximum absolute atomic E-state index is 5.99. The van der Waals surface area contributed by atoms with Crippen molar-refractivity contribution in [1.82, 2.24) is 0 Å². The Balaban J connectivity index is 2.00. The summed E-state index contributed by atoms with van der Waals surface area (Å²) in [5.74, 6) is 0.607. The van der Waals surface area contributed by atoms with Gasteiger partial charge in [-0.2, -0.15) is 0 Å². The third-order valence-corrected chi connectivity index (χ3v) is 3.28. The molecule has 0 aromatic heterocycles. The van der Waals surface area contributed by atoms with Crippen LogP contribution in [0.25, 0.3) is 0 Å². The van der Waals surface area contributed by atoms with Crippen LogP contribution in [0.5, 0.6) is 0 Å². The molecule has 88 valence electrons. The van der Waals surface area contributed by atoms with E-state index >= 15 is 0 Å². The number of halogens is 1. The molecule has 0 aliphatic carbocycles. The summed E-state index contributed by atoms with van der Waals surface area (Å²) in [6.45, 7) is 4.70. The Bertz CT molecular complexity index is 376. The van der Waals surface area contributed by atoms with Crippen LogP contribution in [0.15, 0.2) is 12.1 Å². The highest BCUT2D eigenvalue weighted by Crippen LogP contribution is 2.27. The SMILES string of the molecule is Cc1cc(N)c(Cl)cc1NCC1CCOC1. The van der Waals surface area contributed by atoms with Crippen molar-refractivity contribution in [3.63, 3.8) is 0 Å². The molecule has 1 atom stereocenters. The van der Waals surface area contributed by atoms with E-state index in [0.29, 0.717) is 16.6 Å². The molecule has 0 saturated carbocycles. The van der Waals surface area contributed by atoms with Gasteiger partial charge in [-0.15, -0.1) is 0 Å². The number of aryl methyl sites for hydroxylation is 1. The van der Waals surface area contributed by atoms with E-state index in [1.54, 1.807) is 0 Å². The molecule has 16 heavy (non-hydrogen) atoms. The first-order valence-corrected chi connectivity index (χ1v) is 5.92. The first-order valence-electron chi connectivity index (χ1n) is 5.54. The summed E-state index contributed by atoms with van der Waals surface area (Å²) < 4.78 is 5.33. The number of hydrogen-bond donors (Lipinski definition) is 2. The standard InChI is InChI=1S/C12H17ClN2O/c1-8-4-11(14)10(13)5-12(8)15-6-9-2-3-16-7-9/h4-5,9,15H,2-3,6-7,14H2,1H3. The molecular weight excluding hydrogens is 224 g/mol. The molecule has 1 saturated heterocycles. The fraction of sp³-hybridized carbons (Fsp3) is 0.500. The van der Waals surface area contributed by atoms with Gasteiger partial charge in [-0.3, -0.25) is 0 Å². The molecule has 4 heteroatoms. The summed E-state index contributed by atoms with van der Waals surface area (Å²) in [5.41, 5.74) is 8.55. The summed E-state index contributed by atoms with van der Waals surface area (Å²) >= 11 is 5.99. The lowest BCUT2D eigenvalue weighted by molar-refractivity contribution is 0.187. The van der Waals surface area contributed by atoms with E-state index in [-0.39, 0.29) is 0 Å². The molecular formula is C12H17ClN2O. The van der Waals surface area contributed by atoms with Gasteiger partial charge >= 0.3 is 0 Å². The van der Waals surface area contributed by atoms with E-state index in [2.05, 4.69) is 5.32 Å². The van der Waals surface area contributed by atoms with Crippen molar-refractivity contribution in [3.8, 4) is 0 Å². The van der Waals surface area contributed by atoms with Crippen LogP contribution < -0.4 is 11.1 Å². The molecule has 1 aliphatic rings. The molecule has 0 amide bonds. The van der Waals surface area contributed by atoms with Crippen molar-refractivity contribution >= 4 is 23.0 Å². The normalized spacial score (nSPS) is 20.0. The summed E-state index contributed by atoms with van der Waals surface area (Å²) in [4.78, 5) is 0. The number of anilines is 2. The van der Waals surface area contributed by atoms with Gasteiger partial charge < -0.3 is 15.8 Å². The lowest BCUT2D eigenvalue weighted by Crippen LogP contribution is -2.14. The smallest absolute Gasteiger partial charge is 0.0656 e. The van der Waals surface area contributed by atoms with Gasteiger partial charge in [-0.25, -0.2) is 0 Å². The van der Waals surface area contributed by atoms with Crippen molar-refractivity contribution in [3.05, 3.63) is 22.7 Å². The number of nitrogens with two attached hydrogens (primary N) is 1. The maximum Gasteiger partial charge on any atom is 0.0656 e. The van der Waals surface area contributed by atoms with Gasteiger partial charge in [0.15, 0.2) is 0 Å². The van der Waals surface area contributed by atoms with Crippen molar-refractivity contribution in [2.75, 3.05) is 30.8 Å². The minimum atomic E-state index is 0.607. The van der Waals surface area contributed by atoms with Crippen molar-refractivity contribution in [2.45, 2.75) is 13.3 Å². The Morgan fingerprint density at radius 2 is 2.38 bits per heavy atom. The van der Waals surface area contributed by atoms with Gasteiger partial charge in [0.25, 0.3) is 0 Å². The van der Waals surface area contributed by atoms with Crippen LogP contribution in [0.2, 0.25) is 5.02 Å². The average molecular weight is 241 g/mol. The zero-order valence-electron chi connectivity index (χ0n) is 9.42. The van der Waals surface area contributed by atoms with Gasteiger partial charge in [0.1, 0.15) is 0 Å². The second-order valence-electron chi connectivity index (χ2n) is 4.30. The molecule has 3 nitrogen and oxygen atoms in total. The Kier molecular flexibility index (Phi) is 3.56. The summed E-state index contributed by atoms with van der Waals surface area (Å²) in [6, 6.07) is 3.79. The molecule has 0 bridgehead atoms. The van der Waals surface area contributed by atoms with Crippen molar-refractivity contribution < 1.29 is 4.74 Å². The zero-order chi connectivity index (χ0) is 11.5. The maximum atomic E-state index is 5.99. The molecule has 1 unspecified atom stereocenters. The molecule has 1 aromatic carbocycles. The second kappa shape index (κ2) is 4.93. The molecule has 1 aliphatic heterocycles. The topological polar surface area (TPSA) is 47.3 Å². The third-order valence-electron chi connectivity index (χ3n) is 2.95. The lowest BCUT2D eigenvalue weighted by atomic mass is 10.1. The van der Waals surface area contributed by atoms with E-state index < -0.39 is 0 Å². The second-order valence-corrected chi connectivity index (χ2v) is 4.71. The van der Waals surface area contributed by atoms with Crippen molar-refractivity contribution in [1.29, 1.82) is 0 Å². The van der Waals surface area contributed by atoms with Crippen LogP contribution in [0.4, 0.5) is 11.4 Å². The average Bonchev–Trinajstić information content (AvgIpc) is 2.74. The molecule has 2 rings (SSSR count). The van der Waals surface area contributed by atoms with Gasteiger partial charge in [-0.1, -0.05) is 11.6 Å². The molecule has 3 N–H and O–H groups in total. The largest absolute Gasteiger partial charge is 0.398 e. The van der Waals surface area contributed by atoms with Crippen molar-refractivity contribution in [2.24, 2.45) is 5.92 Å². The molecule has 1 heterocycles. The van der Waals surface area contributed by atoms with Gasteiger partial charge in [0.05, 0.1) is 17.3 Å². The minimum absolute atomic E-state index is 0.607. The fourth-order valence-corrected chi connectivity index (χ4v) is 2.06. The first-order chi connectivity index (χ1) is 7.66.